The molecule has 2 aromatic carbocycles. The monoisotopic (exact) mass is 341 g/mol. The number of H-pyrrole nitrogens is 2. The van der Waals surface area contributed by atoms with Gasteiger partial charge in [0.15, 0.2) is 0 Å². The Labute approximate surface area is 141 Å². The van der Waals surface area contributed by atoms with Crippen LogP contribution in [0, 0.1) is 10.1 Å². The number of hydrogen-bond acceptors (Lipinski definition) is 5. The van der Waals surface area contributed by atoms with Gasteiger partial charge in [-0.2, -0.15) is 0 Å². The molecule has 3 rings (SSSR count). The molecule has 3 N–H and O–H groups in total. The number of nitro benzene ring substituents is 1. The van der Waals surface area contributed by atoms with Crippen molar-refractivity contribution in [3.05, 3.63) is 62.6 Å². The standard InChI is InChI=1S/C16H15N5O4/c1-20(2)14-6-4-10(21(24)25)8-11(14)15(22)17-9-3-5-12-13(7-9)19-16(23)18-12/h3-8H,1-2H3,(H,17,22)(H2,18,19,23). The maximum atomic E-state index is 12.6. The number of fused-ring (bicyclic) bond motifs is 1. The first-order valence-electron chi connectivity index (χ1n) is 7.34. The molecule has 0 fully saturated rings. The summed E-state index contributed by atoms with van der Waals surface area (Å²) in [6.45, 7) is 0. The summed E-state index contributed by atoms with van der Waals surface area (Å²) in [5.41, 5.74) is 1.86. The summed E-state index contributed by atoms with van der Waals surface area (Å²) in [6.07, 6.45) is 0. The lowest BCUT2D eigenvalue weighted by Crippen LogP contribution is -2.18. The van der Waals surface area contributed by atoms with Crippen molar-refractivity contribution >= 4 is 34.0 Å². The van der Waals surface area contributed by atoms with Crippen molar-refractivity contribution in [1.29, 1.82) is 0 Å². The molecule has 1 amide bonds. The van der Waals surface area contributed by atoms with Crippen molar-refractivity contribution in [3.8, 4) is 0 Å². The number of nitrogens with one attached hydrogen (secondary N) is 3. The normalized spacial score (nSPS) is 10.6. The molecule has 1 heterocycles. The maximum absolute atomic E-state index is 12.6. The Morgan fingerprint density at radius 3 is 2.52 bits per heavy atom. The number of imidazole rings is 1. The average Bonchev–Trinajstić information content (AvgIpc) is 2.93. The van der Waals surface area contributed by atoms with Crippen LogP contribution in [0.5, 0.6) is 0 Å². The highest BCUT2D eigenvalue weighted by atomic mass is 16.6. The third-order valence-corrected chi connectivity index (χ3v) is 3.69. The van der Waals surface area contributed by atoms with Gasteiger partial charge >= 0.3 is 5.69 Å². The number of nitrogens with zero attached hydrogens (tertiary/aromatic N) is 2. The van der Waals surface area contributed by atoms with Crippen molar-refractivity contribution < 1.29 is 9.72 Å². The Morgan fingerprint density at radius 2 is 1.84 bits per heavy atom. The molecular formula is C16H15N5O4. The van der Waals surface area contributed by atoms with Gasteiger partial charge in [0, 0.05) is 37.6 Å². The van der Waals surface area contributed by atoms with Crippen molar-refractivity contribution in [2.75, 3.05) is 24.3 Å². The zero-order chi connectivity index (χ0) is 18.1. The van der Waals surface area contributed by atoms with Crippen LogP contribution in [-0.2, 0) is 0 Å². The quantitative estimate of drug-likeness (QED) is 0.495. The van der Waals surface area contributed by atoms with Gasteiger partial charge in [-0.25, -0.2) is 4.79 Å². The number of aromatic nitrogens is 2. The Morgan fingerprint density at radius 1 is 1.12 bits per heavy atom. The zero-order valence-corrected chi connectivity index (χ0v) is 13.5. The fraction of sp³-hybridized carbons (Fsp3) is 0.125. The molecule has 0 unspecified atom stereocenters. The van der Waals surface area contributed by atoms with Crippen LogP contribution in [-0.4, -0.2) is 34.9 Å². The smallest absolute Gasteiger partial charge is 0.323 e. The first-order chi connectivity index (χ1) is 11.8. The Kier molecular flexibility index (Phi) is 3.97. The first kappa shape index (κ1) is 16.2. The number of non-ortho nitro benzene ring substituents is 1. The molecule has 25 heavy (non-hydrogen) atoms. The van der Waals surface area contributed by atoms with E-state index >= 15 is 0 Å². The fourth-order valence-electron chi connectivity index (χ4n) is 2.52. The number of nitro groups is 1. The van der Waals surface area contributed by atoms with Crippen LogP contribution < -0.4 is 15.9 Å². The largest absolute Gasteiger partial charge is 0.377 e. The second-order valence-corrected chi connectivity index (χ2v) is 5.65. The predicted molar refractivity (Wildman–Crippen MR) is 94.3 cm³/mol. The fourth-order valence-corrected chi connectivity index (χ4v) is 2.52. The van der Waals surface area contributed by atoms with E-state index in [9.17, 15) is 19.7 Å². The molecule has 0 saturated carbocycles. The maximum Gasteiger partial charge on any atom is 0.323 e. The van der Waals surface area contributed by atoms with Gasteiger partial charge < -0.3 is 20.2 Å². The van der Waals surface area contributed by atoms with Crippen LogP contribution in [0.2, 0.25) is 0 Å². The second kappa shape index (κ2) is 6.11. The van der Waals surface area contributed by atoms with Gasteiger partial charge in [0.25, 0.3) is 11.6 Å². The molecule has 0 aliphatic carbocycles. The van der Waals surface area contributed by atoms with Crippen LogP contribution in [0.3, 0.4) is 0 Å². The van der Waals surface area contributed by atoms with E-state index in [4.69, 9.17) is 0 Å². The van der Waals surface area contributed by atoms with Crippen LogP contribution >= 0.6 is 0 Å². The zero-order valence-electron chi connectivity index (χ0n) is 13.5. The molecule has 0 aliphatic heterocycles. The van der Waals surface area contributed by atoms with E-state index in [1.807, 2.05) is 0 Å². The molecule has 3 aromatic rings. The summed E-state index contributed by atoms with van der Waals surface area (Å²) in [4.78, 5) is 41.3. The third kappa shape index (κ3) is 3.20. The van der Waals surface area contributed by atoms with Gasteiger partial charge in [-0.3, -0.25) is 14.9 Å². The van der Waals surface area contributed by atoms with Crippen LogP contribution in [0.4, 0.5) is 17.1 Å². The van der Waals surface area contributed by atoms with Gasteiger partial charge in [0.05, 0.1) is 21.5 Å². The predicted octanol–water partition coefficient (Wildman–Crippen LogP) is 2.08. The van der Waals surface area contributed by atoms with E-state index in [2.05, 4.69) is 15.3 Å². The molecule has 1 aromatic heterocycles. The highest BCUT2D eigenvalue weighted by Crippen LogP contribution is 2.25. The summed E-state index contributed by atoms with van der Waals surface area (Å²) in [6, 6.07) is 9.02. The molecule has 0 aliphatic rings. The van der Waals surface area contributed by atoms with Crippen molar-refractivity contribution in [2.45, 2.75) is 0 Å². The van der Waals surface area contributed by atoms with Crippen molar-refractivity contribution in [1.82, 2.24) is 9.97 Å². The number of hydrogen-bond donors (Lipinski definition) is 3. The van der Waals surface area contributed by atoms with E-state index in [0.717, 1.165) is 0 Å². The second-order valence-electron chi connectivity index (χ2n) is 5.65. The molecule has 0 spiro atoms. The third-order valence-electron chi connectivity index (χ3n) is 3.69. The van der Waals surface area contributed by atoms with Gasteiger partial charge in [-0.15, -0.1) is 0 Å². The summed E-state index contributed by atoms with van der Waals surface area (Å²) < 4.78 is 0. The molecule has 0 bridgehead atoms. The minimum atomic E-state index is -0.549. The van der Waals surface area contributed by atoms with E-state index in [0.29, 0.717) is 22.4 Å². The van der Waals surface area contributed by atoms with Gasteiger partial charge in [-0.1, -0.05) is 0 Å². The number of aromatic amines is 2. The first-order valence-corrected chi connectivity index (χ1v) is 7.34. The van der Waals surface area contributed by atoms with E-state index in [1.54, 1.807) is 37.2 Å². The molecular weight excluding hydrogens is 326 g/mol. The van der Waals surface area contributed by atoms with E-state index in [-0.39, 0.29) is 16.9 Å². The summed E-state index contributed by atoms with van der Waals surface area (Å²) >= 11 is 0. The summed E-state index contributed by atoms with van der Waals surface area (Å²) in [5, 5.41) is 13.7. The summed E-state index contributed by atoms with van der Waals surface area (Å²) in [5.74, 6) is -0.482. The molecule has 9 nitrogen and oxygen atoms in total. The van der Waals surface area contributed by atoms with Crippen molar-refractivity contribution in [3.63, 3.8) is 0 Å². The van der Waals surface area contributed by atoms with Crippen LogP contribution in [0.1, 0.15) is 10.4 Å². The lowest BCUT2D eigenvalue weighted by atomic mass is 10.1. The summed E-state index contributed by atoms with van der Waals surface area (Å²) in [7, 11) is 3.49. The lowest BCUT2D eigenvalue weighted by Gasteiger charge is -2.17. The number of carbonyl (C=O) groups is 1. The number of carbonyl (C=O) groups excluding carboxylic acids is 1. The SMILES string of the molecule is CN(C)c1ccc([N+](=O)[O-])cc1C(=O)Nc1ccc2[nH]c(=O)[nH]c2c1. The van der Waals surface area contributed by atoms with Gasteiger partial charge in [0.1, 0.15) is 0 Å². The van der Waals surface area contributed by atoms with E-state index in [1.165, 1.54) is 18.2 Å². The molecule has 0 atom stereocenters. The Hall–Kier alpha value is -3.62. The Bertz CT molecular complexity index is 1030. The highest BCUT2D eigenvalue weighted by molar-refractivity contribution is 6.09. The molecule has 9 heteroatoms. The minimum Gasteiger partial charge on any atom is -0.377 e. The average molecular weight is 341 g/mol. The van der Waals surface area contributed by atoms with Gasteiger partial charge in [-0.05, 0) is 24.3 Å². The minimum absolute atomic E-state index is 0.166. The highest BCUT2D eigenvalue weighted by Gasteiger charge is 2.18. The van der Waals surface area contributed by atoms with Gasteiger partial charge in [0.2, 0.25) is 0 Å². The lowest BCUT2D eigenvalue weighted by molar-refractivity contribution is -0.384. The van der Waals surface area contributed by atoms with Crippen LogP contribution in [0.15, 0.2) is 41.2 Å². The topological polar surface area (TPSA) is 124 Å². The molecule has 0 saturated heterocycles. The van der Waals surface area contributed by atoms with Crippen molar-refractivity contribution in [2.24, 2.45) is 0 Å². The van der Waals surface area contributed by atoms with Crippen LogP contribution in [0.25, 0.3) is 11.0 Å². The Balaban J connectivity index is 1.97. The molecule has 128 valence electrons. The number of benzene rings is 2. The number of rotatable bonds is 4. The molecule has 0 radical (unpaired) electrons. The number of amides is 1. The number of anilines is 2. The van der Waals surface area contributed by atoms with E-state index < -0.39 is 10.8 Å².